The lowest BCUT2D eigenvalue weighted by molar-refractivity contribution is 0.102. The molecule has 1 aromatic carbocycles. The number of amidine groups is 1. The maximum absolute atomic E-state index is 12.4. The van der Waals surface area contributed by atoms with Crippen molar-refractivity contribution < 1.29 is 13.2 Å². The smallest absolute Gasteiger partial charge is 0.283 e. The number of hydrogen-bond acceptors (Lipinski definition) is 4. The van der Waals surface area contributed by atoms with Gasteiger partial charge < -0.3 is 10.2 Å². The first kappa shape index (κ1) is 17.1. The van der Waals surface area contributed by atoms with E-state index >= 15 is 0 Å². The molecule has 0 saturated carbocycles. The van der Waals surface area contributed by atoms with E-state index in [1.807, 2.05) is 11.9 Å². The van der Waals surface area contributed by atoms with Gasteiger partial charge in [-0.25, -0.2) is 0 Å². The molecule has 2 aromatic rings. The Kier molecular flexibility index (Phi) is 4.80. The van der Waals surface area contributed by atoms with Crippen LogP contribution >= 0.6 is 0 Å². The number of nitrogens with zero attached hydrogens (tertiary/aromatic N) is 3. The summed E-state index contributed by atoms with van der Waals surface area (Å²) in [6, 6.07) is 11.0. The van der Waals surface area contributed by atoms with Gasteiger partial charge >= 0.3 is 0 Å². The lowest BCUT2D eigenvalue weighted by atomic mass is 10.3. The molecular weight excluding hydrogens is 340 g/mol. The van der Waals surface area contributed by atoms with E-state index < -0.39 is 10.0 Å². The van der Waals surface area contributed by atoms with Crippen LogP contribution in [0.1, 0.15) is 23.3 Å². The van der Waals surface area contributed by atoms with Crippen molar-refractivity contribution >= 4 is 27.5 Å². The molecule has 0 aliphatic carbocycles. The minimum absolute atomic E-state index is 0.0936. The highest BCUT2D eigenvalue weighted by atomic mass is 32.2. The Morgan fingerprint density at radius 1 is 1.20 bits per heavy atom. The van der Waals surface area contributed by atoms with Crippen LogP contribution in [0, 0.1) is 0 Å². The fourth-order valence-electron chi connectivity index (χ4n) is 2.50. The summed E-state index contributed by atoms with van der Waals surface area (Å²) in [5.74, 6) is 0.219. The van der Waals surface area contributed by atoms with Crippen LogP contribution in [0.3, 0.4) is 0 Å². The van der Waals surface area contributed by atoms with Gasteiger partial charge in [0.2, 0.25) is 0 Å². The Bertz CT molecular complexity index is 893. The largest absolute Gasteiger partial charge is 0.362 e. The van der Waals surface area contributed by atoms with Gasteiger partial charge in [-0.1, -0.05) is 6.07 Å². The Balaban J connectivity index is 1.75. The molecular formula is C17H18N4O3S. The zero-order valence-electron chi connectivity index (χ0n) is 13.7. The quantitative estimate of drug-likeness (QED) is 0.904. The molecule has 1 aromatic heterocycles. The number of hydrogen-bond donors (Lipinski definition) is 1. The number of carbonyl (C=O) groups is 1. The monoisotopic (exact) mass is 358 g/mol. The number of likely N-dealkylation sites (tertiary alicyclic amines) is 1. The van der Waals surface area contributed by atoms with E-state index in [0.29, 0.717) is 17.9 Å². The van der Waals surface area contributed by atoms with Gasteiger partial charge in [-0.05, 0) is 42.8 Å². The summed E-state index contributed by atoms with van der Waals surface area (Å²) in [4.78, 5) is 17.9. The van der Waals surface area contributed by atoms with Crippen molar-refractivity contribution in [2.24, 2.45) is 4.40 Å². The normalized spacial score (nSPS) is 16.2. The molecule has 0 spiro atoms. The van der Waals surface area contributed by atoms with Crippen molar-refractivity contribution in [2.45, 2.75) is 17.7 Å². The minimum atomic E-state index is -3.75. The Labute approximate surface area is 146 Å². The fourth-order valence-corrected chi connectivity index (χ4v) is 3.60. The summed E-state index contributed by atoms with van der Waals surface area (Å²) in [6.45, 7) is 0.812. The maximum Gasteiger partial charge on any atom is 0.283 e. The number of nitrogens with one attached hydrogen (secondary N) is 1. The number of sulfonamides is 1. The van der Waals surface area contributed by atoms with E-state index in [2.05, 4.69) is 14.7 Å². The zero-order chi connectivity index (χ0) is 17.9. The Morgan fingerprint density at radius 3 is 2.56 bits per heavy atom. The fraction of sp³-hybridized carbons (Fsp3) is 0.235. The third-order valence-corrected chi connectivity index (χ3v) is 5.19. The van der Waals surface area contributed by atoms with E-state index in [0.717, 1.165) is 13.0 Å². The molecule has 0 bridgehead atoms. The van der Waals surface area contributed by atoms with E-state index in [1.165, 1.54) is 30.5 Å². The van der Waals surface area contributed by atoms with Crippen molar-refractivity contribution in [3.8, 4) is 0 Å². The molecule has 1 saturated heterocycles. The highest BCUT2D eigenvalue weighted by molar-refractivity contribution is 7.90. The first-order chi connectivity index (χ1) is 12.0. The van der Waals surface area contributed by atoms with Crippen LogP contribution in [0.25, 0.3) is 0 Å². The van der Waals surface area contributed by atoms with Crippen LogP contribution in [0.15, 0.2) is 58.0 Å². The second-order valence-corrected chi connectivity index (χ2v) is 7.31. The van der Waals surface area contributed by atoms with Crippen LogP contribution < -0.4 is 5.32 Å². The van der Waals surface area contributed by atoms with Gasteiger partial charge in [0.05, 0.1) is 4.90 Å². The molecule has 8 heteroatoms. The number of aromatic nitrogens is 1. The summed E-state index contributed by atoms with van der Waals surface area (Å²) in [7, 11) is -1.92. The predicted molar refractivity (Wildman–Crippen MR) is 95.1 cm³/mol. The number of anilines is 1. The number of amides is 1. The SMILES string of the molecule is CN1CCC/C1=N/S(=O)(=O)c1ccc(NC(=O)c2ccccn2)cc1. The van der Waals surface area contributed by atoms with E-state index in [9.17, 15) is 13.2 Å². The van der Waals surface area contributed by atoms with Crippen LogP contribution in [0.2, 0.25) is 0 Å². The molecule has 1 aliphatic rings. The first-order valence-electron chi connectivity index (χ1n) is 7.83. The third kappa shape index (κ3) is 4.03. The molecule has 3 rings (SSSR count). The molecule has 25 heavy (non-hydrogen) atoms. The first-order valence-corrected chi connectivity index (χ1v) is 9.27. The molecule has 1 amide bonds. The number of pyridine rings is 1. The number of carbonyl (C=O) groups excluding carboxylic acids is 1. The van der Waals surface area contributed by atoms with Crippen LogP contribution in [0.4, 0.5) is 5.69 Å². The number of benzene rings is 1. The van der Waals surface area contributed by atoms with Gasteiger partial charge in [0.15, 0.2) is 0 Å². The van der Waals surface area contributed by atoms with Gasteiger partial charge in [-0.3, -0.25) is 9.78 Å². The van der Waals surface area contributed by atoms with Gasteiger partial charge in [0.25, 0.3) is 15.9 Å². The summed E-state index contributed by atoms with van der Waals surface area (Å²) >= 11 is 0. The standard InChI is InChI=1S/C17H18N4O3S/c1-21-12-4-6-16(21)20-25(23,24)14-9-7-13(8-10-14)19-17(22)15-5-2-3-11-18-15/h2-3,5,7-11H,4,6,12H2,1H3,(H,19,22)/b20-16-. The lowest BCUT2D eigenvalue weighted by Crippen LogP contribution is -2.20. The molecule has 130 valence electrons. The number of rotatable bonds is 4. The summed E-state index contributed by atoms with van der Waals surface area (Å²) in [6.07, 6.45) is 3.10. The second kappa shape index (κ2) is 7.02. The van der Waals surface area contributed by atoms with Gasteiger partial charge in [-0.2, -0.15) is 8.42 Å². The predicted octanol–water partition coefficient (Wildman–Crippen LogP) is 2.15. The topological polar surface area (TPSA) is 91.7 Å². The highest BCUT2D eigenvalue weighted by Crippen LogP contribution is 2.19. The van der Waals surface area contributed by atoms with Crippen LogP contribution in [-0.4, -0.2) is 43.6 Å². The second-order valence-electron chi connectivity index (χ2n) is 5.70. The zero-order valence-corrected chi connectivity index (χ0v) is 14.5. The minimum Gasteiger partial charge on any atom is -0.362 e. The van der Waals surface area contributed by atoms with Crippen molar-refractivity contribution in [3.05, 3.63) is 54.4 Å². The summed E-state index contributed by atoms with van der Waals surface area (Å²) in [5.41, 5.74) is 0.773. The summed E-state index contributed by atoms with van der Waals surface area (Å²) in [5, 5.41) is 2.68. The van der Waals surface area contributed by atoms with Crippen LogP contribution in [-0.2, 0) is 10.0 Å². The van der Waals surface area contributed by atoms with Crippen molar-refractivity contribution in [1.29, 1.82) is 0 Å². The average Bonchev–Trinajstić information content (AvgIpc) is 3.00. The van der Waals surface area contributed by atoms with Gasteiger partial charge in [0, 0.05) is 31.9 Å². The van der Waals surface area contributed by atoms with Crippen molar-refractivity contribution in [1.82, 2.24) is 9.88 Å². The van der Waals surface area contributed by atoms with E-state index in [-0.39, 0.29) is 16.5 Å². The molecule has 1 fully saturated rings. The van der Waals surface area contributed by atoms with Crippen molar-refractivity contribution in [2.75, 3.05) is 18.9 Å². The molecule has 0 atom stereocenters. The Hall–Kier alpha value is -2.74. The highest BCUT2D eigenvalue weighted by Gasteiger charge is 2.20. The third-order valence-electron chi connectivity index (χ3n) is 3.87. The van der Waals surface area contributed by atoms with Crippen LogP contribution in [0.5, 0.6) is 0 Å². The molecule has 0 unspecified atom stereocenters. The Morgan fingerprint density at radius 2 is 1.96 bits per heavy atom. The van der Waals surface area contributed by atoms with Gasteiger partial charge in [0.1, 0.15) is 11.5 Å². The molecule has 1 aliphatic heterocycles. The lowest BCUT2D eigenvalue weighted by Gasteiger charge is -2.11. The maximum atomic E-state index is 12.4. The van der Waals surface area contributed by atoms with E-state index in [4.69, 9.17) is 0 Å². The molecule has 7 nitrogen and oxygen atoms in total. The molecule has 2 heterocycles. The molecule has 1 N–H and O–H groups in total. The van der Waals surface area contributed by atoms with E-state index in [1.54, 1.807) is 18.2 Å². The van der Waals surface area contributed by atoms with Crippen molar-refractivity contribution in [3.63, 3.8) is 0 Å². The van der Waals surface area contributed by atoms with Gasteiger partial charge in [-0.15, -0.1) is 4.40 Å². The average molecular weight is 358 g/mol. The summed E-state index contributed by atoms with van der Waals surface area (Å²) < 4.78 is 28.7. The molecule has 0 radical (unpaired) electrons.